The first-order chi connectivity index (χ1) is 14.2. The van der Waals surface area contributed by atoms with Crippen LogP contribution in [0.25, 0.3) is 11.0 Å². The number of aromatic amines is 1. The number of benzene rings is 2. The van der Waals surface area contributed by atoms with E-state index in [-0.39, 0.29) is 12.3 Å². The summed E-state index contributed by atoms with van der Waals surface area (Å²) >= 11 is 3.09. The molecule has 2 aromatic heterocycles. The molecule has 0 fully saturated rings. The molecule has 0 spiro atoms. The van der Waals surface area contributed by atoms with E-state index in [4.69, 9.17) is 4.74 Å². The molecule has 8 heteroatoms. The Hall–Kier alpha value is -2.84. The second kappa shape index (κ2) is 9.11. The first-order valence-corrected chi connectivity index (χ1v) is 11.1. The molecule has 4 rings (SSSR count). The first kappa shape index (κ1) is 19.5. The Morgan fingerprint density at radius 3 is 2.90 bits per heavy atom. The molecule has 0 atom stereocenters. The zero-order valence-electron chi connectivity index (χ0n) is 15.8. The van der Waals surface area contributed by atoms with Crippen molar-refractivity contribution in [2.75, 3.05) is 11.9 Å². The Morgan fingerprint density at radius 1 is 1.21 bits per heavy atom. The van der Waals surface area contributed by atoms with E-state index in [9.17, 15) is 4.79 Å². The Labute approximate surface area is 176 Å². The molecule has 29 heavy (non-hydrogen) atoms. The van der Waals surface area contributed by atoms with Crippen molar-refractivity contribution in [2.24, 2.45) is 0 Å². The van der Waals surface area contributed by atoms with Crippen LogP contribution in [-0.4, -0.2) is 27.5 Å². The van der Waals surface area contributed by atoms with Crippen LogP contribution < -0.4 is 10.1 Å². The lowest BCUT2D eigenvalue weighted by Gasteiger charge is -2.02. The molecule has 2 aromatic carbocycles. The summed E-state index contributed by atoms with van der Waals surface area (Å²) in [6.07, 6.45) is 0.273. The lowest BCUT2D eigenvalue weighted by atomic mass is 10.3. The second-order valence-electron chi connectivity index (χ2n) is 6.27. The van der Waals surface area contributed by atoms with Gasteiger partial charge < -0.3 is 15.0 Å². The van der Waals surface area contributed by atoms with Gasteiger partial charge in [-0.3, -0.25) is 4.79 Å². The summed E-state index contributed by atoms with van der Waals surface area (Å²) in [7, 11) is 0. The van der Waals surface area contributed by atoms with E-state index in [1.54, 1.807) is 11.8 Å². The Morgan fingerprint density at radius 2 is 2.07 bits per heavy atom. The predicted octanol–water partition coefficient (Wildman–Crippen LogP) is 4.89. The minimum Gasteiger partial charge on any atom is -0.494 e. The summed E-state index contributed by atoms with van der Waals surface area (Å²) in [4.78, 5) is 24.7. The molecule has 0 saturated carbocycles. The van der Waals surface area contributed by atoms with Gasteiger partial charge in [0.05, 0.1) is 29.8 Å². The molecule has 6 nitrogen and oxygen atoms in total. The van der Waals surface area contributed by atoms with E-state index in [0.717, 1.165) is 38.3 Å². The molecule has 0 saturated heterocycles. The van der Waals surface area contributed by atoms with Crippen LogP contribution in [0.2, 0.25) is 0 Å². The molecule has 2 heterocycles. The number of para-hydroxylation sites is 1. The number of carbonyl (C=O) groups excluding carboxylic acids is 1. The van der Waals surface area contributed by atoms with Gasteiger partial charge in [0.1, 0.15) is 10.8 Å². The van der Waals surface area contributed by atoms with E-state index in [2.05, 4.69) is 20.3 Å². The summed E-state index contributed by atoms with van der Waals surface area (Å²) in [5.74, 6) is 1.46. The number of hydrogen-bond donors (Lipinski definition) is 2. The van der Waals surface area contributed by atoms with Crippen LogP contribution in [-0.2, 0) is 17.0 Å². The molecule has 1 amide bonds. The zero-order chi connectivity index (χ0) is 20.1. The van der Waals surface area contributed by atoms with Gasteiger partial charge in [-0.15, -0.1) is 11.3 Å². The van der Waals surface area contributed by atoms with Crippen molar-refractivity contribution in [1.82, 2.24) is 15.0 Å². The summed E-state index contributed by atoms with van der Waals surface area (Å²) in [6.45, 7) is 2.60. The maximum atomic E-state index is 12.2. The van der Waals surface area contributed by atoms with Gasteiger partial charge in [0.25, 0.3) is 0 Å². The van der Waals surface area contributed by atoms with Gasteiger partial charge in [-0.2, -0.15) is 0 Å². The highest BCUT2D eigenvalue weighted by molar-refractivity contribution is 7.98. The third-order valence-corrected chi connectivity index (χ3v) is 5.87. The van der Waals surface area contributed by atoms with Crippen LogP contribution >= 0.6 is 23.1 Å². The average molecular weight is 425 g/mol. The molecular formula is C21H20N4O2S2. The molecule has 4 aromatic rings. The van der Waals surface area contributed by atoms with Gasteiger partial charge >= 0.3 is 0 Å². The van der Waals surface area contributed by atoms with Crippen molar-refractivity contribution in [3.63, 3.8) is 0 Å². The highest BCUT2D eigenvalue weighted by Gasteiger charge is 2.10. The lowest BCUT2D eigenvalue weighted by Crippen LogP contribution is -2.14. The number of aromatic nitrogens is 3. The van der Waals surface area contributed by atoms with E-state index in [0.29, 0.717) is 12.4 Å². The Balaban J connectivity index is 1.33. The fourth-order valence-corrected chi connectivity index (χ4v) is 4.47. The molecule has 0 aliphatic carbocycles. The third-order valence-electron chi connectivity index (χ3n) is 4.07. The summed E-state index contributed by atoms with van der Waals surface area (Å²) in [6, 6.07) is 15.3. The quantitative estimate of drug-likeness (QED) is 0.394. The van der Waals surface area contributed by atoms with Gasteiger partial charge in [0, 0.05) is 22.9 Å². The van der Waals surface area contributed by atoms with Crippen molar-refractivity contribution in [1.29, 1.82) is 0 Å². The second-order valence-corrected chi connectivity index (χ2v) is 8.17. The Bertz CT molecular complexity index is 1110. The lowest BCUT2D eigenvalue weighted by molar-refractivity contribution is -0.115. The van der Waals surface area contributed by atoms with Crippen LogP contribution in [0, 0.1) is 0 Å². The maximum absolute atomic E-state index is 12.2. The molecule has 148 valence electrons. The van der Waals surface area contributed by atoms with Crippen LogP contribution in [0.5, 0.6) is 5.75 Å². The van der Waals surface area contributed by atoms with Crippen molar-refractivity contribution < 1.29 is 9.53 Å². The van der Waals surface area contributed by atoms with E-state index in [1.165, 1.54) is 11.3 Å². The Kier molecular flexibility index (Phi) is 6.12. The molecule has 0 bridgehead atoms. The van der Waals surface area contributed by atoms with Crippen LogP contribution in [0.1, 0.15) is 17.6 Å². The summed E-state index contributed by atoms with van der Waals surface area (Å²) < 4.78 is 5.53. The number of anilines is 1. The van der Waals surface area contributed by atoms with Crippen molar-refractivity contribution >= 4 is 45.7 Å². The highest BCUT2D eigenvalue weighted by Crippen LogP contribution is 2.26. The molecule has 0 aliphatic heterocycles. The number of amides is 1. The number of thiazole rings is 1. The molecule has 0 aliphatic rings. The number of thioether (sulfide) groups is 1. The maximum Gasteiger partial charge on any atom is 0.231 e. The molecule has 0 unspecified atom stereocenters. The number of fused-ring (bicyclic) bond motifs is 1. The fraction of sp³-hybridized carbons (Fsp3) is 0.190. The van der Waals surface area contributed by atoms with Crippen molar-refractivity contribution in [3.05, 3.63) is 64.6 Å². The summed E-state index contributed by atoms with van der Waals surface area (Å²) in [5.41, 5.74) is 3.60. The minimum absolute atomic E-state index is 0.0628. The van der Waals surface area contributed by atoms with E-state index in [1.807, 2.05) is 60.8 Å². The number of H-pyrrole nitrogens is 1. The van der Waals surface area contributed by atoms with Crippen molar-refractivity contribution in [3.8, 4) is 5.75 Å². The van der Waals surface area contributed by atoms with Crippen LogP contribution in [0.15, 0.2) is 59.1 Å². The largest absolute Gasteiger partial charge is 0.494 e. The summed E-state index contributed by atoms with van der Waals surface area (Å²) in [5, 5.41) is 6.52. The third kappa shape index (κ3) is 5.16. The number of imidazole rings is 1. The number of hydrogen-bond acceptors (Lipinski definition) is 6. The zero-order valence-corrected chi connectivity index (χ0v) is 17.5. The topological polar surface area (TPSA) is 79.9 Å². The fourth-order valence-electron chi connectivity index (χ4n) is 2.79. The van der Waals surface area contributed by atoms with Gasteiger partial charge in [0.2, 0.25) is 5.91 Å². The number of carbonyl (C=O) groups is 1. The number of nitrogens with zero attached hydrogens (tertiary/aromatic N) is 2. The predicted molar refractivity (Wildman–Crippen MR) is 118 cm³/mol. The van der Waals surface area contributed by atoms with Gasteiger partial charge in [-0.1, -0.05) is 30.0 Å². The normalized spacial score (nSPS) is 10.9. The SMILES string of the molecule is CCOc1ccc2nc(SCc3csc(CC(=O)Nc4ccccc4)n3)[nH]c2c1. The molecule has 2 N–H and O–H groups in total. The van der Waals surface area contributed by atoms with Crippen LogP contribution in [0.4, 0.5) is 5.69 Å². The monoisotopic (exact) mass is 424 g/mol. The average Bonchev–Trinajstić information content (AvgIpc) is 3.33. The van der Waals surface area contributed by atoms with E-state index < -0.39 is 0 Å². The van der Waals surface area contributed by atoms with E-state index >= 15 is 0 Å². The smallest absolute Gasteiger partial charge is 0.231 e. The number of rotatable bonds is 8. The van der Waals surface area contributed by atoms with Gasteiger partial charge in [-0.25, -0.2) is 9.97 Å². The minimum atomic E-state index is -0.0628. The van der Waals surface area contributed by atoms with Gasteiger partial charge in [0.15, 0.2) is 5.16 Å². The highest BCUT2D eigenvalue weighted by atomic mass is 32.2. The van der Waals surface area contributed by atoms with Crippen LogP contribution in [0.3, 0.4) is 0 Å². The standard InChI is InChI=1S/C21H20N4O2S2/c1-2-27-16-8-9-17-18(10-16)25-21(24-17)29-13-15-12-28-20(23-15)11-19(26)22-14-6-4-3-5-7-14/h3-10,12H,2,11,13H2,1H3,(H,22,26)(H,24,25). The molecular weight excluding hydrogens is 404 g/mol. The number of ether oxygens (including phenoxy) is 1. The van der Waals surface area contributed by atoms with Gasteiger partial charge in [-0.05, 0) is 31.2 Å². The number of nitrogens with one attached hydrogen (secondary N) is 2. The molecule has 0 radical (unpaired) electrons. The van der Waals surface area contributed by atoms with Crippen molar-refractivity contribution in [2.45, 2.75) is 24.3 Å². The first-order valence-electron chi connectivity index (χ1n) is 9.23.